The second kappa shape index (κ2) is 12.8. The van der Waals surface area contributed by atoms with Crippen LogP contribution in [0, 0.1) is 28.6 Å². The molecule has 0 radical (unpaired) electrons. The Bertz CT molecular complexity index is 1640. The summed E-state index contributed by atoms with van der Waals surface area (Å²) in [6.07, 6.45) is 6.15. The fraction of sp³-hybridized carbons (Fsp3) is 0.559. The van der Waals surface area contributed by atoms with Crippen LogP contribution in [0.3, 0.4) is 0 Å². The van der Waals surface area contributed by atoms with Crippen LogP contribution in [-0.2, 0) is 33.9 Å². The number of methoxy groups -OCH3 is 1. The molecule has 5 atom stereocenters. The van der Waals surface area contributed by atoms with Crippen molar-refractivity contribution >= 4 is 44.4 Å². The number of nitrogens with one attached hydrogen (secondary N) is 1. The van der Waals surface area contributed by atoms with Crippen molar-refractivity contribution in [2.75, 3.05) is 20.3 Å². The lowest BCUT2D eigenvalue weighted by molar-refractivity contribution is -0.151. The van der Waals surface area contributed by atoms with Gasteiger partial charge < -0.3 is 14.4 Å². The number of sulfonamides is 1. The summed E-state index contributed by atoms with van der Waals surface area (Å²) in [5.74, 6) is -2.69. The lowest BCUT2D eigenvalue weighted by Gasteiger charge is -2.35. The number of amides is 2. The molecule has 11 nitrogen and oxygen atoms in total. The standard InChI is InChI=1S/C34H43N3O8S/c1-6-23-15-34(23,32(41)36-46(42,43)24-11-12-24)16-28(38)27-13-21(20-45-29-18-35-17-22-9-7-8-10-25(22)29)19-37(27)31(40)26(33(2,3)4)14-30(39)44-5/h6-10,17-18,21,23-24,26-27H,1,11-16,19-20H2,2-5H3,(H,36,41)/t21-,23?,26-,27+,34-/m1/s1. The first-order valence-corrected chi connectivity index (χ1v) is 17.3. The normalized spacial score (nSPS) is 25.0. The van der Waals surface area contributed by atoms with Crippen molar-refractivity contribution in [3.8, 4) is 5.75 Å². The average molecular weight is 654 g/mol. The van der Waals surface area contributed by atoms with Gasteiger partial charge in [-0.15, -0.1) is 6.58 Å². The Morgan fingerprint density at radius 2 is 1.89 bits per heavy atom. The predicted octanol–water partition coefficient (Wildman–Crippen LogP) is 3.82. The molecule has 2 saturated carbocycles. The maximum absolute atomic E-state index is 14.2. The van der Waals surface area contributed by atoms with E-state index in [0.717, 1.165) is 10.8 Å². The molecular formula is C34H43N3O8S. The van der Waals surface area contributed by atoms with Gasteiger partial charge in [0.2, 0.25) is 21.8 Å². The highest BCUT2D eigenvalue weighted by Gasteiger charge is 2.61. The number of rotatable bonds is 13. The summed E-state index contributed by atoms with van der Waals surface area (Å²) in [4.78, 5) is 59.9. The van der Waals surface area contributed by atoms with Crippen LogP contribution >= 0.6 is 0 Å². The van der Waals surface area contributed by atoms with Crippen LogP contribution in [0.15, 0.2) is 49.3 Å². The molecule has 1 aromatic carbocycles. The number of esters is 1. The number of fused-ring (bicyclic) bond motifs is 1. The van der Waals surface area contributed by atoms with E-state index in [4.69, 9.17) is 9.47 Å². The third kappa shape index (κ3) is 6.96. The van der Waals surface area contributed by atoms with Crippen molar-refractivity contribution in [2.24, 2.45) is 28.6 Å². The number of likely N-dealkylation sites (tertiary alicyclic amines) is 1. The van der Waals surface area contributed by atoms with E-state index in [1.54, 1.807) is 18.5 Å². The highest BCUT2D eigenvalue weighted by atomic mass is 32.2. The van der Waals surface area contributed by atoms with Crippen molar-refractivity contribution in [3.05, 3.63) is 49.3 Å². The topological polar surface area (TPSA) is 149 Å². The van der Waals surface area contributed by atoms with E-state index in [2.05, 4.69) is 16.3 Å². The number of ketones is 1. The first kappa shape index (κ1) is 33.6. The first-order valence-electron chi connectivity index (χ1n) is 15.7. The average Bonchev–Trinajstić information content (AvgIpc) is 3.94. The number of hydrogen-bond donors (Lipinski definition) is 1. The molecule has 3 aliphatic rings. The van der Waals surface area contributed by atoms with Gasteiger partial charge in [0.25, 0.3) is 0 Å². The van der Waals surface area contributed by atoms with E-state index >= 15 is 0 Å². The molecule has 0 spiro atoms. The molecule has 248 valence electrons. The summed E-state index contributed by atoms with van der Waals surface area (Å²) < 4.78 is 38.5. The molecule has 1 unspecified atom stereocenters. The van der Waals surface area contributed by atoms with Crippen molar-refractivity contribution in [1.82, 2.24) is 14.6 Å². The Morgan fingerprint density at radius 3 is 2.52 bits per heavy atom. The van der Waals surface area contributed by atoms with Gasteiger partial charge in [-0.3, -0.25) is 28.9 Å². The fourth-order valence-electron chi connectivity index (χ4n) is 6.53. The quantitative estimate of drug-likeness (QED) is 0.252. The smallest absolute Gasteiger partial charge is 0.306 e. The number of ether oxygens (including phenoxy) is 2. The summed E-state index contributed by atoms with van der Waals surface area (Å²) >= 11 is 0. The maximum Gasteiger partial charge on any atom is 0.306 e. The molecule has 1 N–H and O–H groups in total. The summed E-state index contributed by atoms with van der Waals surface area (Å²) in [6, 6.07) is 6.80. The Morgan fingerprint density at radius 1 is 1.17 bits per heavy atom. The molecule has 3 fully saturated rings. The number of allylic oxidation sites excluding steroid dienone is 1. The number of hydrogen-bond acceptors (Lipinski definition) is 9. The van der Waals surface area contributed by atoms with E-state index in [1.165, 1.54) is 12.0 Å². The van der Waals surface area contributed by atoms with Gasteiger partial charge in [-0.25, -0.2) is 8.42 Å². The Kier molecular flexibility index (Phi) is 9.32. The molecule has 2 amide bonds. The molecule has 12 heteroatoms. The number of aromatic nitrogens is 1. The zero-order chi connectivity index (χ0) is 33.4. The fourth-order valence-corrected chi connectivity index (χ4v) is 7.91. The minimum absolute atomic E-state index is 0.150. The number of nitrogens with zero attached hydrogens (tertiary/aromatic N) is 2. The summed E-state index contributed by atoms with van der Waals surface area (Å²) in [5, 5.41) is 1.22. The predicted molar refractivity (Wildman–Crippen MR) is 171 cm³/mol. The van der Waals surface area contributed by atoms with Gasteiger partial charge in [-0.05, 0) is 37.0 Å². The Balaban J connectivity index is 1.39. The molecule has 1 aromatic heterocycles. The Labute approximate surface area is 270 Å². The van der Waals surface area contributed by atoms with Gasteiger partial charge in [-0.2, -0.15) is 0 Å². The number of pyridine rings is 1. The maximum atomic E-state index is 14.2. The highest BCUT2D eigenvalue weighted by molar-refractivity contribution is 7.90. The van der Waals surface area contributed by atoms with Crippen LogP contribution in [-0.4, -0.2) is 73.4 Å². The van der Waals surface area contributed by atoms with Crippen LogP contribution in [0.1, 0.15) is 59.3 Å². The Hall–Kier alpha value is -3.80. The number of benzene rings is 1. The number of Topliss-reactive ketones (excluding diaryl/α,β-unsaturated/α-hetero) is 1. The molecule has 1 saturated heterocycles. The van der Waals surface area contributed by atoms with E-state index in [0.29, 0.717) is 25.0 Å². The van der Waals surface area contributed by atoms with Crippen molar-refractivity contribution < 1.29 is 37.1 Å². The number of carbonyl (C=O) groups excluding carboxylic acids is 4. The minimum atomic E-state index is -3.82. The zero-order valence-electron chi connectivity index (χ0n) is 26.9. The van der Waals surface area contributed by atoms with Crippen LogP contribution in [0.2, 0.25) is 0 Å². The van der Waals surface area contributed by atoms with Crippen molar-refractivity contribution in [3.63, 3.8) is 0 Å². The van der Waals surface area contributed by atoms with Crippen LogP contribution in [0.5, 0.6) is 5.75 Å². The molecule has 2 heterocycles. The van der Waals surface area contributed by atoms with Gasteiger partial charge in [0, 0.05) is 35.9 Å². The second-order valence-corrected chi connectivity index (χ2v) is 16.0. The SMILES string of the molecule is C=CC1C[C@]1(CC(=O)[C@@H]1C[C@@H](COc2cncc3ccccc23)CN1C(=O)[C@@H](CC(=O)OC)C(C)(C)C)C(=O)NS(=O)(=O)C1CC1. The largest absolute Gasteiger partial charge is 0.491 e. The summed E-state index contributed by atoms with van der Waals surface area (Å²) in [6.45, 7) is 9.79. The zero-order valence-corrected chi connectivity index (χ0v) is 27.7. The monoisotopic (exact) mass is 653 g/mol. The third-order valence-electron chi connectivity index (χ3n) is 9.65. The van der Waals surface area contributed by atoms with Gasteiger partial charge in [0.15, 0.2) is 5.78 Å². The first-order chi connectivity index (χ1) is 21.7. The molecule has 46 heavy (non-hydrogen) atoms. The lowest BCUT2D eigenvalue weighted by Crippen LogP contribution is -2.48. The van der Waals surface area contributed by atoms with E-state index in [-0.39, 0.29) is 55.9 Å². The van der Waals surface area contributed by atoms with Gasteiger partial charge in [0.1, 0.15) is 5.75 Å². The van der Waals surface area contributed by atoms with Crippen molar-refractivity contribution in [1.29, 1.82) is 0 Å². The van der Waals surface area contributed by atoms with E-state index in [1.807, 2.05) is 45.0 Å². The van der Waals surface area contributed by atoms with E-state index < -0.39 is 49.9 Å². The molecule has 2 aliphatic carbocycles. The van der Waals surface area contributed by atoms with Crippen molar-refractivity contribution in [2.45, 2.75) is 70.6 Å². The minimum Gasteiger partial charge on any atom is -0.491 e. The molecular weight excluding hydrogens is 610 g/mol. The molecule has 1 aliphatic heterocycles. The summed E-state index contributed by atoms with van der Waals surface area (Å²) in [5.41, 5.74) is -1.86. The van der Waals surface area contributed by atoms with Crippen LogP contribution in [0.4, 0.5) is 0 Å². The second-order valence-electron chi connectivity index (χ2n) is 14.0. The molecule has 0 bridgehead atoms. The van der Waals surface area contributed by atoms with Gasteiger partial charge >= 0.3 is 5.97 Å². The third-order valence-corrected chi connectivity index (χ3v) is 11.5. The van der Waals surface area contributed by atoms with E-state index in [9.17, 15) is 27.6 Å². The van der Waals surface area contributed by atoms with Gasteiger partial charge in [0.05, 0.1) is 49.0 Å². The highest BCUT2D eigenvalue weighted by Crippen LogP contribution is 2.57. The summed E-state index contributed by atoms with van der Waals surface area (Å²) in [7, 11) is -2.55. The van der Waals surface area contributed by atoms with Crippen LogP contribution < -0.4 is 9.46 Å². The molecule has 5 rings (SSSR count). The van der Waals surface area contributed by atoms with Gasteiger partial charge in [-0.1, -0.05) is 51.1 Å². The lowest BCUT2D eigenvalue weighted by atomic mass is 9.77. The van der Waals surface area contributed by atoms with Crippen LogP contribution in [0.25, 0.3) is 10.8 Å². The molecule has 2 aromatic rings. The number of carbonyl (C=O) groups is 4.